The summed E-state index contributed by atoms with van der Waals surface area (Å²) in [7, 11) is 0. The SMILES string of the molecule is CCCCOC(=O)CNCCCCC(C)C. The summed E-state index contributed by atoms with van der Waals surface area (Å²) >= 11 is 0. The third-order valence-corrected chi connectivity index (χ3v) is 2.42. The van der Waals surface area contributed by atoms with Crippen molar-refractivity contribution in [3.63, 3.8) is 0 Å². The minimum absolute atomic E-state index is 0.127. The molecule has 1 N–H and O–H groups in total. The van der Waals surface area contributed by atoms with Crippen LogP contribution >= 0.6 is 0 Å². The Morgan fingerprint density at radius 2 is 2.00 bits per heavy atom. The predicted octanol–water partition coefficient (Wildman–Crippen LogP) is 2.75. The molecule has 0 saturated carbocycles. The second kappa shape index (κ2) is 10.9. The fourth-order valence-corrected chi connectivity index (χ4v) is 1.37. The summed E-state index contributed by atoms with van der Waals surface area (Å²) in [5.41, 5.74) is 0. The summed E-state index contributed by atoms with van der Waals surface area (Å²) < 4.78 is 5.03. The summed E-state index contributed by atoms with van der Waals surface area (Å²) in [5.74, 6) is 0.649. The van der Waals surface area contributed by atoms with E-state index in [1.165, 1.54) is 12.8 Å². The van der Waals surface area contributed by atoms with E-state index < -0.39 is 0 Å². The summed E-state index contributed by atoms with van der Waals surface area (Å²) in [4.78, 5) is 11.2. The Hall–Kier alpha value is -0.570. The molecule has 0 radical (unpaired) electrons. The molecule has 0 aromatic carbocycles. The van der Waals surface area contributed by atoms with E-state index in [0.717, 1.165) is 31.7 Å². The first-order chi connectivity index (χ1) is 7.66. The Kier molecular flexibility index (Phi) is 10.5. The van der Waals surface area contributed by atoms with Crippen LogP contribution in [0.25, 0.3) is 0 Å². The van der Waals surface area contributed by atoms with Crippen LogP contribution in [0.15, 0.2) is 0 Å². The van der Waals surface area contributed by atoms with Gasteiger partial charge in [0.1, 0.15) is 0 Å². The summed E-state index contributed by atoms with van der Waals surface area (Å²) in [5, 5.41) is 3.11. The zero-order chi connectivity index (χ0) is 12.2. The van der Waals surface area contributed by atoms with E-state index in [0.29, 0.717) is 13.2 Å². The largest absolute Gasteiger partial charge is 0.465 e. The number of unbranched alkanes of at least 4 members (excludes halogenated alkanes) is 2. The second-order valence-electron chi connectivity index (χ2n) is 4.64. The van der Waals surface area contributed by atoms with Crippen LogP contribution in [0.3, 0.4) is 0 Å². The van der Waals surface area contributed by atoms with Crippen LogP contribution in [-0.2, 0) is 9.53 Å². The maximum atomic E-state index is 11.2. The molecule has 0 rings (SSSR count). The predicted molar refractivity (Wildman–Crippen MR) is 67.4 cm³/mol. The van der Waals surface area contributed by atoms with Gasteiger partial charge in [0.25, 0.3) is 0 Å². The van der Waals surface area contributed by atoms with Crippen LogP contribution < -0.4 is 5.32 Å². The van der Waals surface area contributed by atoms with Crippen molar-refractivity contribution in [2.45, 2.75) is 52.9 Å². The molecule has 0 aliphatic rings. The molecular weight excluding hydrogens is 202 g/mol. The van der Waals surface area contributed by atoms with E-state index in [2.05, 4.69) is 26.1 Å². The quantitative estimate of drug-likeness (QED) is 0.462. The first-order valence-corrected chi connectivity index (χ1v) is 6.53. The minimum Gasteiger partial charge on any atom is -0.465 e. The highest BCUT2D eigenvalue weighted by Gasteiger charge is 2.01. The van der Waals surface area contributed by atoms with Gasteiger partial charge in [0.2, 0.25) is 0 Å². The molecule has 0 fully saturated rings. The Bertz CT molecular complexity index is 169. The van der Waals surface area contributed by atoms with E-state index in [-0.39, 0.29) is 5.97 Å². The van der Waals surface area contributed by atoms with Gasteiger partial charge in [0, 0.05) is 0 Å². The van der Waals surface area contributed by atoms with Crippen molar-refractivity contribution < 1.29 is 9.53 Å². The van der Waals surface area contributed by atoms with Gasteiger partial charge in [-0.15, -0.1) is 0 Å². The lowest BCUT2D eigenvalue weighted by atomic mass is 10.1. The topological polar surface area (TPSA) is 38.3 Å². The molecule has 0 aliphatic carbocycles. The van der Waals surface area contributed by atoms with Gasteiger partial charge >= 0.3 is 5.97 Å². The number of hydrogen-bond acceptors (Lipinski definition) is 3. The second-order valence-corrected chi connectivity index (χ2v) is 4.64. The molecule has 0 atom stereocenters. The standard InChI is InChI=1S/C13H27NO2/c1-4-5-10-16-13(15)11-14-9-7-6-8-12(2)3/h12,14H,4-11H2,1-3H3. The van der Waals surface area contributed by atoms with Gasteiger partial charge < -0.3 is 10.1 Å². The Morgan fingerprint density at radius 3 is 2.62 bits per heavy atom. The van der Waals surface area contributed by atoms with Crippen LogP contribution in [0, 0.1) is 5.92 Å². The molecule has 0 amide bonds. The molecule has 16 heavy (non-hydrogen) atoms. The van der Waals surface area contributed by atoms with Crippen molar-refractivity contribution in [1.29, 1.82) is 0 Å². The molecule has 0 unspecified atom stereocenters. The number of rotatable bonds is 10. The van der Waals surface area contributed by atoms with Crippen LogP contribution in [0.4, 0.5) is 0 Å². The first-order valence-electron chi connectivity index (χ1n) is 6.53. The summed E-state index contributed by atoms with van der Waals surface area (Å²) in [6, 6.07) is 0. The van der Waals surface area contributed by atoms with Gasteiger partial charge in [0.05, 0.1) is 13.2 Å². The molecule has 0 aliphatic heterocycles. The monoisotopic (exact) mass is 229 g/mol. The zero-order valence-corrected chi connectivity index (χ0v) is 11.1. The fraction of sp³-hybridized carbons (Fsp3) is 0.923. The number of esters is 1. The molecular formula is C13H27NO2. The highest BCUT2D eigenvalue weighted by Crippen LogP contribution is 2.04. The van der Waals surface area contributed by atoms with Crippen LogP contribution in [-0.4, -0.2) is 25.7 Å². The fourth-order valence-electron chi connectivity index (χ4n) is 1.37. The molecule has 0 saturated heterocycles. The van der Waals surface area contributed by atoms with Crippen molar-refractivity contribution in [3.05, 3.63) is 0 Å². The van der Waals surface area contributed by atoms with Crippen molar-refractivity contribution in [2.75, 3.05) is 19.7 Å². The highest BCUT2D eigenvalue weighted by molar-refractivity contribution is 5.71. The van der Waals surface area contributed by atoms with Gasteiger partial charge in [-0.2, -0.15) is 0 Å². The van der Waals surface area contributed by atoms with Gasteiger partial charge in [0.15, 0.2) is 0 Å². The lowest BCUT2D eigenvalue weighted by Gasteiger charge is -2.06. The number of nitrogens with one attached hydrogen (secondary N) is 1. The number of carbonyl (C=O) groups is 1. The molecule has 0 aromatic heterocycles. The Morgan fingerprint density at radius 1 is 1.25 bits per heavy atom. The van der Waals surface area contributed by atoms with E-state index in [9.17, 15) is 4.79 Å². The first kappa shape index (κ1) is 15.4. The molecule has 0 bridgehead atoms. The zero-order valence-electron chi connectivity index (χ0n) is 11.1. The van der Waals surface area contributed by atoms with Crippen LogP contribution in [0.5, 0.6) is 0 Å². The van der Waals surface area contributed by atoms with Gasteiger partial charge in [-0.25, -0.2) is 0 Å². The molecule has 0 spiro atoms. The van der Waals surface area contributed by atoms with Crippen LogP contribution in [0.1, 0.15) is 52.9 Å². The minimum atomic E-state index is -0.127. The number of ether oxygens (including phenoxy) is 1. The molecule has 3 nitrogen and oxygen atoms in total. The number of hydrogen-bond donors (Lipinski definition) is 1. The van der Waals surface area contributed by atoms with E-state index in [1.807, 2.05) is 0 Å². The van der Waals surface area contributed by atoms with E-state index in [4.69, 9.17) is 4.74 Å². The maximum Gasteiger partial charge on any atom is 0.319 e. The highest BCUT2D eigenvalue weighted by atomic mass is 16.5. The third-order valence-electron chi connectivity index (χ3n) is 2.42. The molecule has 96 valence electrons. The Balaban J connectivity index is 3.15. The van der Waals surface area contributed by atoms with Crippen molar-refractivity contribution >= 4 is 5.97 Å². The van der Waals surface area contributed by atoms with Gasteiger partial charge in [-0.1, -0.05) is 40.0 Å². The lowest BCUT2D eigenvalue weighted by molar-refractivity contribution is -0.142. The Labute approximate surface area is 99.9 Å². The summed E-state index contributed by atoms with van der Waals surface area (Å²) in [6.07, 6.45) is 5.66. The smallest absolute Gasteiger partial charge is 0.319 e. The molecule has 0 heterocycles. The third kappa shape index (κ3) is 11.5. The van der Waals surface area contributed by atoms with Gasteiger partial charge in [-0.05, 0) is 25.3 Å². The lowest BCUT2D eigenvalue weighted by Crippen LogP contribution is -2.25. The van der Waals surface area contributed by atoms with Crippen molar-refractivity contribution in [1.82, 2.24) is 5.32 Å². The average Bonchev–Trinajstić information content (AvgIpc) is 2.23. The molecule has 0 aromatic rings. The van der Waals surface area contributed by atoms with Crippen LogP contribution in [0.2, 0.25) is 0 Å². The maximum absolute atomic E-state index is 11.2. The van der Waals surface area contributed by atoms with E-state index in [1.54, 1.807) is 0 Å². The van der Waals surface area contributed by atoms with E-state index >= 15 is 0 Å². The average molecular weight is 229 g/mol. The number of carbonyl (C=O) groups excluding carboxylic acids is 1. The van der Waals surface area contributed by atoms with Crippen molar-refractivity contribution in [2.24, 2.45) is 5.92 Å². The molecule has 3 heteroatoms. The summed E-state index contributed by atoms with van der Waals surface area (Å²) in [6.45, 7) is 8.38. The normalized spacial score (nSPS) is 10.8. The van der Waals surface area contributed by atoms with Gasteiger partial charge in [-0.3, -0.25) is 4.79 Å². The van der Waals surface area contributed by atoms with Crippen molar-refractivity contribution in [3.8, 4) is 0 Å².